The second kappa shape index (κ2) is 8.24. The van der Waals surface area contributed by atoms with Gasteiger partial charge in [-0.2, -0.15) is 0 Å². The van der Waals surface area contributed by atoms with Gasteiger partial charge in [-0.15, -0.1) is 0 Å². The SMILES string of the molecule is O=C(NO)c1cnc2c(c1)CCN(C(=O)Cc1ccc(-c3ccccc3)cc1)C2. The minimum absolute atomic E-state index is 0.0575. The number of nitrogens with zero attached hydrogens (tertiary/aromatic N) is 2. The summed E-state index contributed by atoms with van der Waals surface area (Å²) in [6, 6.07) is 19.9. The Morgan fingerprint density at radius 3 is 2.48 bits per heavy atom. The van der Waals surface area contributed by atoms with Crippen molar-refractivity contribution in [3.05, 3.63) is 89.2 Å². The first kappa shape index (κ1) is 18.8. The number of rotatable bonds is 4. The summed E-state index contributed by atoms with van der Waals surface area (Å²) in [7, 11) is 0. The van der Waals surface area contributed by atoms with Crippen molar-refractivity contribution in [2.45, 2.75) is 19.4 Å². The maximum Gasteiger partial charge on any atom is 0.276 e. The largest absolute Gasteiger partial charge is 0.336 e. The Hall–Kier alpha value is -3.51. The highest BCUT2D eigenvalue weighted by molar-refractivity contribution is 5.93. The second-order valence-corrected chi connectivity index (χ2v) is 7.08. The maximum absolute atomic E-state index is 12.8. The lowest BCUT2D eigenvalue weighted by molar-refractivity contribution is -0.131. The number of amides is 2. The van der Waals surface area contributed by atoms with Gasteiger partial charge in [0.1, 0.15) is 0 Å². The first-order valence-electron chi connectivity index (χ1n) is 9.48. The van der Waals surface area contributed by atoms with Crippen LogP contribution >= 0.6 is 0 Å². The van der Waals surface area contributed by atoms with Crippen LogP contribution in [0.25, 0.3) is 11.1 Å². The van der Waals surface area contributed by atoms with E-state index in [4.69, 9.17) is 5.21 Å². The first-order chi connectivity index (χ1) is 14.1. The Kier molecular flexibility index (Phi) is 5.35. The van der Waals surface area contributed by atoms with E-state index in [2.05, 4.69) is 17.1 Å². The van der Waals surface area contributed by atoms with Gasteiger partial charge in [0.15, 0.2) is 0 Å². The Bertz CT molecular complexity index is 1030. The Morgan fingerprint density at radius 1 is 1.03 bits per heavy atom. The molecule has 3 aromatic rings. The number of aromatic nitrogens is 1. The van der Waals surface area contributed by atoms with Crippen LogP contribution in [0.5, 0.6) is 0 Å². The summed E-state index contributed by atoms with van der Waals surface area (Å²) in [4.78, 5) is 30.4. The molecule has 1 aliphatic heterocycles. The molecule has 4 rings (SSSR count). The number of carbonyl (C=O) groups excluding carboxylic acids is 2. The minimum Gasteiger partial charge on any atom is -0.336 e. The highest BCUT2D eigenvalue weighted by Crippen LogP contribution is 2.21. The molecule has 2 aromatic carbocycles. The van der Waals surface area contributed by atoms with Crippen LogP contribution in [0.15, 0.2) is 66.9 Å². The van der Waals surface area contributed by atoms with Crippen molar-refractivity contribution >= 4 is 11.8 Å². The molecule has 0 saturated heterocycles. The van der Waals surface area contributed by atoms with Crippen molar-refractivity contribution in [3.8, 4) is 11.1 Å². The zero-order valence-corrected chi connectivity index (χ0v) is 15.8. The predicted molar refractivity (Wildman–Crippen MR) is 108 cm³/mol. The highest BCUT2D eigenvalue weighted by atomic mass is 16.5. The third-order valence-electron chi connectivity index (χ3n) is 5.18. The monoisotopic (exact) mass is 387 g/mol. The van der Waals surface area contributed by atoms with Crippen LogP contribution in [-0.2, 0) is 24.2 Å². The summed E-state index contributed by atoms with van der Waals surface area (Å²) in [6.45, 7) is 1.01. The van der Waals surface area contributed by atoms with E-state index < -0.39 is 5.91 Å². The van der Waals surface area contributed by atoms with E-state index in [1.165, 1.54) is 6.20 Å². The van der Waals surface area contributed by atoms with Gasteiger partial charge in [0, 0.05) is 12.7 Å². The average molecular weight is 387 g/mol. The molecular formula is C23H21N3O3. The van der Waals surface area contributed by atoms with E-state index in [1.807, 2.05) is 42.5 Å². The molecule has 0 radical (unpaired) electrons. The normalized spacial score (nSPS) is 12.9. The Morgan fingerprint density at radius 2 is 1.76 bits per heavy atom. The van der Waals surface area contributed by atoms with Crippen LogP contribution < -0.4 is 5.48 Å². The average Bonchev–Trinajstić information content (AvgIpc) is 2.79. The van der Waals surface area contributed by atoms with Crippen LogP contribution in [0.3, 0.4) is 0 Å². The molecule has 0 bridgehead atoms. The zero-order valence-electron chi connectivity index (χ0n) is 15.8. The molecule has 6 heteroatoms. The maximum atomic E-state index is 12.8. The number of hydrogen-bond donors (Lipinski definition) is 2. The molecule has 146 valence electrons. The number of pyridine rings is 1. The zero-order chi connectivity index (χ0) is 20.2. The van der Waals surface area contributed by atoms with Crippen LogP contribution in [0.2, 0.25) is 0 Å². The fourth-order valence-corrected chi connectivity index (χ4v) is 3.55. The number of hydrogen-bond acceptors (Lipinski definition) is 4. The van der Waals surface area contributed by atoms with Gasteiger partial charge in [-0.05, 0) is 34.7 Å². The van der Waals surface area contributed by atoms with Crippen molar-refractivity contribution in [2.75, 3.05) is 6.54 Å². The van der Waals surface area contributed by atoms with Gasteiger partial charge in [0.05, 0.1) is 24.2 Å². The smallest absolute Gasteiger partial charge is 0.276 e. The molecule has 0 saturated carbocycles. The lowest BCUT2D eigenvalue weighted by Gasteiger charge is -2.28. The molecule has 0 atom stereocenters. The molecule has 1 aromatic heterocycles. The van der Waals surface area contributed by atoms with Gasteiger partial charge < -0.3 is 4.90 Å². The molecule has 2 amide bonds. The van der Waals surface area contributed by atoms with Gasteiger partial charge in [-0.25, -0.2) is 5.48 Å². The van der Waals surface area contributed by atoms with Crippen molar-refractivity contribution in [2.24, 2.45) is 0 Å². The first-order valence-corrected chi connectivity index (χ1v) is 9.48. The van der Waals surface area contributed by atoms with E-state index in [9.17, 15) is 9.59 Å². The quantitative estimate of drug-likeness (QED) is 0.533. The third kappa shape index (κ3) is 4.17. The minimum atomic E-state index is -0.585. The summed E-state index contributed by atoms with van der Waals surface area (Å²) in [6.07, 6.45) is 2.39. The Labute approximate surface area is 168 Å². The van der Waals surface area contributed by atoms with Gasteiger partial charge >= 0.3 is 0 Å². The van der Waals surface area contributed by atoms with Gasteiger partial charge in [-0.1, -0.05) is 54.6 Å². The number of nitrogens with one attached hydrogen (secondary N) is 1. The summed E-state index contributed by atoms with van der Waals surface area (Å²) < 4.78 is 0. The van der Waals surface area contributed by atoms with Gasteiger partial charge in [-0.3, -0.25) is 19.8 Å². The van der Waals surface area contributed by atoms with E-state index in [0.29, 0.717) is 31.5 Å². The number of fused-ring (bicyclic) bond motifs is 1. The second-order valence-electron chi connectivity index (χ2n) is 7.08. The topological polar surface area (TPSA) is 82.5 Å². The van der Waals surface area contributed by atoms with Gasteiger partial charge in [0.2, 0.25) is 5.91 Å². The van der Waals surface area contributed by atoms with E-state index in [0.717, 1.165) is 27.9 Å². The summed E-state index contributed by atoms with van der Waals surface area (Å²) in [5, 5.41) is 8.75. The number of carbonyl (C=O) groups is 2. The van der Waals surface area contributed by atoms with Crippen LogP contribution in [0.4, 0.5) is 0 Å². The summed E-state index contributed by atoms with van der Waals surface area (Å²) >= 11 is 0. The van der Waals surface area contributed by atoms with Gasteiger partial charge in [0.25, 0.3) is 5.91 Å². The molecular weight excluding hydrogens is 366 g/mol. The van der Waals surface area contributed by atoms with Crippen LogP contribution in [0.1, 0.15) is 27.2 Å². The lowest BCUT2D eigenvalue weighted by Crippen LogP contribution is -2.37. The molecule has 2 N–H and O–H groups in total. The van der Waals surface area contributed by atoms with Crippen molar-refractivity contribution in [1.82, 2.24) is 15.4 Å². The molecule has 0 spiro atoms. The van der Waals surface area contributed by atoms with E-state index >= 15 is 0 Å². The van der Waals surface area contributed by atoms with Crippen molar-refractivity contribution in [1.29, 1.82) is 0 Å². The molecule has 2 heterocycles. The van der Waals surface area contributed by atoms with Crippen molar-refractivity contribution < 1.29 is 14.8 Å². The number of hydroxylamine groups is 1. The standard InChI is InChI=1S/C23H21N3O3/c27-22(12-16-6-8-18(9-7-16)17-4-2-1-3-5-17)26-11-10-19-13-20(23(28)25-29)14-24-21(19)15-26/h1-9,13-14,29H,10-12,15H2,(H,25,28). The summed E-state index contributed by atoms with van der Waals surface area (Å²) in [5.74, 6) is -0.528. The van der Waals surface area contributed by atoms with Crippen LogP contribution in [0, 0.1) is 0 Å². The Balaban J connectivity index is 1.41. The lowest BCUT2D eigenvalue weighted by atomic mass is 10.0. The van der Waals surface area contributed by atoms with E-state index in [1.54, 1.807) is 16.4 Å². The number of benzene rings is 2. The molecule has 0 unspecified atom stereocenters. The molecule has 6 nitrogen and oxygen atoms in total. The molecule has 1 aliphatic rings. The van der Waals surface area contributed by atoms with Crippen molar-refractivity contribution in [3.63, 3.8) is 0 Å². The predicted octanol–water partition coefficient (Wildman–Crippen LogP) is 3.00. The highest BCUT2D eigenvalue weighted by Gasteiger charge is 2.22. The summed E-state index contributed by atoms with van der Waals surface area (Å²) in [5.41, 5.74) is 6.90. The molecule has 29 heavy (non-hydrogen) atoms. The fraction of sp³-hybridized carbons (Fsp3) is 0.174. The van der Waals surface area contributed by atoms with Crippen LogP contribution in [-0.4, -0.2) is 33.5 Å². The molecule has 0 fully saturated rings. The van der Waals surface area contributed by atoms with E-state index in [-0.39, 0.29) is 5.91 Å². The molecule has 0 aliphatic carbocycles. The third-order valence-corrected chi connectivity index (χ3v) is 5.18. The fourth-order valence-electron chi connectivity index (χ4n) is 3.55.